The molecule has 0 unspecified atom stereocenters. The number of pyridine rings is 1. The second-order valence-electron chi connectivity index (χ2n) is 7.80. The van der Waals surface area contributed by atoms with Gasteiger partial charge in [-0.3, -0.25) is 4.98 Å². The van der Waals surface area contributed by atoms with E-state index in [0.29, 0.717) is 11.9 Å². The van der Waals surface area contributed by atoms with Crippen molar-refractivity contribution in [1.29, 1.82) is 0 Å². The molecule has 7 nitrogen and oxygen atoms in total. The molecule has 30 heavy (non-hydrogen) atoms. The van der Waals surface area contributed by atoms with Crippen molar-refractivity contribution in [2.75, 3.05) is 23.8 Å². The number of hydrogen-bond acceptors (Lipinski definition) is 7. The van der Waals surface area contributed by atoms with Gasteiger partial charge in [-0.05, 0) is 49.4 Å². The van der Waals surface area contributed by atoms with Crippen molar-refractivity contribution >= 4 is 23.0 Å². The maximum atomic E-state index is 6.13. The van der Waals surface area contributed by atoms with Crippen molar-refractivity contribution < 1.29 is 9.47 Å². The average Bonchev–Trinajstić information content (AvgIpc) is 3.24. The molecule has 0 atom stereocenters. The van der Waals surface area contributed by atoms with Crippen LogP contribution < -0.4 is 15.4 Å². The van der Waals surface area contributed by atoms with Gasteiger partial charge in [0.25, 0.3) is 0 Å². The van der Waals surface area contributed by atoms with Crippen LogP contribution in [0, 0.1) is 0 Å². The summed E-state index contributed by atoms with van der Waals surface area (Å²) >= 11 is 0. The van der Waals surface area contributed by atoms with Gasteiger partial charge in [-0.15, -0.1) is 0 Å². The molecule has 7 heteroatoms. The van der Waals surface area contributed by atoms with E-state index in [2.05, 4.69) is 37.7 Å². The number of aromatic nitrogens is 3. The Morgan fingerprint density at radius 2 is 1.63 bits per heavy atom. The molecule has 1 saturated heterocycles. The van der Waals surface area contributed by atoms with E-state index >= 15 is 0 Å². The highest BCUT2D eigenvalue weighted by atomic mass is 16.5. The lowest BCUT2D eigenvalue weighted by molar-refractivity contribution is 0.00843. The highest BCUT2D eigenvalue weighted by molar-refractivity contribution is 5.65. The molecule has 0 bridgehead atoms. The molecule has 1 saturated carbocycles. The van der Waals surface area contributed by atoms with Gasteiger partial charge in [0.2, 0.25) is 5.95 Å². The first-order valence-corrected chi connectivity index (χ1v) is 10.5. The fourth-order valence-corrected chi connectivity index (χ4v) is 3.77. The van der Waals surface area contributed by atoms with E-state index in [9.17, 15) is 0 Å². The van der Waals surface area contributed by atoms with Crippen LogP contribution in [0.2, 0.25) is 0 Å². The fourth-order valence-electron chi connectivity index (χ4n) is 3.77. The van der Waals surface area contributed by atoms with Gasteiger partial charge in [0.1, 0.15) is 0 Å². The Kier molecular flexibility index (Phi) is 5.44. The minimum absolute atomic E-state index is 0.279. The van der Waals surface area contributed by atoms with Crippen LogP contribution in [0.25, 0.3) is 0 Å². The van der Waals surface area contributed by atoms with Crippen LogP contribution >= 0.6 is 0 Å². The van der Waals surface area contributed by atoms with Crippen molar-refractivity contribution in [1.82, 2.24) is 15.0 Å². The molecule has 2 fully saturated rings. The lowest BCUT2D eigenvalue weighted by Gasteiger charge is -2.26. The third kappa shape index (κ3) is 4.36. The summed E-state index contributed by atoms with van der Waals surface area (Å²) < 4.78 is 11.4. The zero-order chi connectivity index (χ0) is 20.2. The first-order chi connectivity index (χ1) is 14.8. The predicted molar refractivity (Wildman–Crippen MR) is 116 cm³/mol. The van der Waals surface area contributed by atoms with Crippen molar-refractivity contribution in [3.8, 4) is 5.75 Å². The standard InChI is InChI=1S/C23H25N5O2/c1-2-4-20(3-1)30-22-13-24-10-9-21(22)27-19-11-25-23(26-12-19)28-18-7-5-16(6-8-18)17-14-29-15-17/h5-13,17,20H,1-4,14-15H2,(H,24,27)(H,25,26,28). The van der Waals surface area contributed by atoms with Gasteiger partial charge in [0, 0.05) is 17.8 Å². The summed E-state index contributed by atoms with van der Waals surface area (Å²) in [4.78, 5) is 13.1. The molecule has 0 spiro atoms. The molecule has 1 aliphatic carbocycles. The summed E-state index contributed by atoms with van der Waals surface area (Å²) in [5, 5.41) is 6.58. The summed E-state index contributed by atoms with van der Waals surface area (Å²) in [7, 11) is 0. The van der Waals surface area contributed by atoms with Crippen LogP contribution in [0.15, 0.2) is 55.1 Å². The Morgan fingerprint density at radius 1 is 0.867 bits per heavy atom. The molecule has 1 aliphatic heterocycles. The molecular weight excluding hydrogens is 378 g/mol. The van der Waals surface area contributed by atoms with Gasteiger partial charge in [-0.2, -0.15) is 0 Å². The van der Waals surface area contributed by atoms with E-state index in [1.807, 2.05) is 18.2 Å². The van der Waals surface area contributed by atoms with Crippen molar-refractivity contribution in [3.05, 3.63) is 60.7 Å². The summed E-state index contributed by atoms with van der Waals surface area (Å²) in [6.45, 7) is 1.63. The molecule has 2 N–H and O–H groups in total. The number of rotatable bonds is 7. The monoisotopic (exact) mass is 403 g/mol. The molecule has 3 aromatic rings. The Morgan fingerprint density at radius 3 is 2.33 bits per heavy atom. The molecule has 2 aliphatic rings. The van der Waals surface area contributed by atoms with Crippen LogP contribution in [0.5, 0.6) is 5.75 Å². The van der Waals surface area contributed by atoms with Crippen molar-refractivity contribution in [2.24, 2.45) is 0 Å². The lowest BCUT2D eigenvalue weighted by atomic mass is 9.97. The zero-order valence-corrected chi connectivity index (χ0v) is 16.8. The number of hydrogen-bond donors (Lipinski definition) is 2. The normalized spacial score (nSPS) is 16.8. The number of ether oxygens (including phenoxy) is 2. The summed E-state index contributed by atoms with van der Waals surface area (Å²) in [6, 6.07) is 10.3. The molecule has 5 rings (SSSR count). The van der Waals surface area contributed by atoms with Crippen molar-refractivity contribution in [3.63, 3.8) is 0 Å². The Balaban J connectivity index is 1.22. The van der Waals surface area contributed by atoms with Gasteiger partial charge in [-0.1, -0.05) is 12.1 Å². The number of nitrogens with one attached hydrogen (secondary N) is 2. The van der Waals surface area contributed by atoms with E-state index < -0.39 is 0 Å². The second-order valence-corrected chi connectivity index (χ2v) is 7.80. The maximum absolute atomic E-state index is 6.13. The van der Waals surface area contributed by atoms with Gasteiger partial charge in [-0.25, -0.2) is 9.97 Å². The third-order valence-corrected chi connectivity index (χ3v) is 5.59. The third-order valence-electron chi connectivity index (χ3n) is 5.59. The van der Waals surface area contributed by atoms with Crippen LogP contribution in [-0.2, 0) is 4.74 Å². The predicted octanol–water partition coefficient (Wildman–Crippen LogP) is 4.79. The summed E-state index contributed by atoms with van der Waals surface area (Å²) in [5.74, 6) is 1.84. The van der Waals surface area contributed by atoms with Gasteiger partial charge >= 0.3 is 0 Å². The average molecular weight is 403 g/mol. The van der Waals surface area contributed by atoms with E-state index in [1.54, 1.807) is 24.8 Å². The molecule has 0 radical (unpaired) electrons. The molecule has 154 valence electrons. The lowest BCUT2D eigenvalue weighted by Crippen LogP contribution is -2.24. The molecule has 0 amide bonds. The minimum atomic E-state index is 0.279. The van der Waals surface area contributed by atoms with E-state index in [4.69, 9.17) is 9.47 Å². The minimum Gasteiger partial charge on any atom is -0.487 e. The summed E-state index contributed by atoms with van der Waals surface area (Å²) in [6.07, 6.45) is 12.0. The van der Waals surface area contributed by atoms with Crippen LogP contribution in [-0.4, -0.2) is 34.3 Å². The highest BCUT2D eigenvalue weighted by Crippen LogP contribution is 2.31. The SMILES string of the molecule is c1cc(Nc2cnc(Nc3ccc(C4COC4)cc3)nc2)c(OC2CCCC2)cn1. The zero-order valence-electron chi connectivity index (χ0n) is 16.8. The number of nitrogens with zero attached hydrogens (tertiary/aromatic N) is 3. The second kappa shape index (κ2) is 8.67. The Hall–Kier alpha value is -3.19. The fraction of sp³-hybridized carbons (Fsp3) is 0.348. The van der Waals surface area contributed by atoms with Crippen molar-refractivity contribution in [2.45, 2.75) is 37.7 Å². The van der Waals surface area contributed by atoms with Gasteiger partial charge in [0.15, 0.2) is 5.75 Å². The van der Waals surface area contributed by atoms with Crippen LogP contribution in [0.4, 0.5) is 23.0 Å². The van der Waals surface area contributed by atoms with E-state index in [-0.39, 0.29) is 6.10 Å². The highest BCUT2D eigenvalue weighted by Gasteiger charge is 2.20. The van der Waals surface area contributed by atoms with Crippen LogP contribution in [0.1, 0.15) is 37.2 Å². The molecular formula is C23H25N5O2. The molecule has 2 aromatic heterocycles. The Labute approximate surface area is 175 Å². The largest absolute Gasteiger partial charge is 0.487 e. The maximum Gasteiger partial charge on any atom is 0.227 e. The van der Waals surface area contributed by atoms with Crippen LogP contribution in [0.3, 0.4) is 0 Å². The molecule has 1 aromatic carbocycles. The topological polar surface area (TPSA) is 81.2 Å². The number of benzene rings is 1. The summed E-state index contributed by atoms with van der Waals surface area (Å²) in [5.41, 5.74) is 3.93. The Bertz CT molecular complexity index is 968. The van der Waals surface area contributed by atoms with Gasteiger partial charge in [0.05, 0.1) is 49.3 Å². The van der Waals surface area contributed by atoms with Gasteiger partial charge < -0.3 is 20.1 Å². The number of anilines is 4. The van der Waals surface area contributed by atoms with E-state index in [1.165, 1.54) is 18.4 Å². The quantitative estimate of drug-likeness (QED) is 0.587. The van der Waals surface area contributed by atoms with E-state index in [0.717, 1.165) is 48.9 Å². The first kappa shape index (κ1) is 18.8. The first-order valence-electron chi connectivity index (χ1n) is 10.5. The molecule has 3 heterocycles. The smallest absolute Gasteiger partial charge is 0.227 e.